The van der Waals surface area contributed by atoms with E-state index in [0.717, 1.165) is 18.5 Å². The number of hydrogen-bond acceptors (Lipinski definition) is 5. The van der Waals surface area contributed by atoms with Gasteiger partial charge in [-0.25, -0.2) is 10.0 Å². The van der Waals surface area contributed by atoms with Crippen LogP contribution in [0.4, 0.5) is 0 Å². The molecule has 0 aliphatic carbocycles. The third-order valence-corrected chi connectivity index (χ3v) is 3.71. The van der Waals surface area contributed by atoms with Crippen molar-refractivity contribution in [3.8, 4) is 5.88 Å². The Morgan fingerprint density at radius 2 is 2.29 bits per heavy atom. The SMILES string of the molecule is CC.COc1cc(CNC(=O)C2CCN(C(C)[PH-])OC2)ccn1.[Na+]. The summed E-state index contributed by atoms with van der Waals surface area (Å²) in [7, 11) is 5.07. The molecule has 2 heterocycles. The van der Waals surface area contributed by atoms with Gasteiger partial charge in [0.25, 0.3) is 0 Å². The number of carbonyl (C=O) groups excluding carboxylic acids is 1. The summed E-state index contributed by atoms with van der Waals surface area (Å²) in [6.07, 6.45) is 2.46. The van der Waals surface area contributed by atoms with Crippen molar-refractivity contribution in [1.29, 1.82) is 0 Å². The maximum atomic E-state index is 12.1. The van der Waals surface area contributed by atoms with E-state index in [1.165, 1.54) is 0 Å². The Bertz CT molecular complexity index is 483. The zero-order chi connectivity index (χ0) is 17.2. The number of rotatable bonds is 5. The predicted molar refractivity (Wildman–Crippen MR) is 92.5 cm³/mol. The number of nitrogens with zero attached hydrogens (tertiary/aromatic N) is 2. The van der Waals surface area contributed by atoms with E-state index >= 15 is 0 Å². The molecule has 1 aromatic rings. The average molecular weight is 363 g/mol. The van der Waals surface area contributed by atoms with Crippen LogP contribution in [0.15, 0.2) is 18.3 Å². The molecule has 2 rings (SSSR count). The molecule has 0 aromatic carbocycles. The number of pyridine rings is 1. The number of ether oxygens (including phenoxy) is 1. The van der Waals surface area contributed by atoms with Crippen LogP contribution >= 0.6 is 9.24 Å². The van der Waals surface area contributed by atoms with E-state index in [1.54, 1.807) is 13.3 Å². The molecule has 24 heavy (non-hydrogen) atoms. The second-order valence-electron chi connectivity index (χ2n) is 5.02. The third-order valence-electron chi connectivity index (χ3n) is 3.42. The molecule has 0 spiro atoms. The summed E-state index contributed by atoms with van der Waals surface area (Å²) in [4.78, 5) is 21.7. The molecule has 6 nitrogen and oxygen atoms in total. The molecule has 1 amide bonds. The first kappa shape index (κ1) is 23.8. The van der Waals surface area contributed by atoms with Crippen LogP contribution in [0.1, 0.15) is 32.8 Å². The fourth-order valence-electron chi connectivity index (χ4n) is 2.13. The van der Waals surface area contributed by atoms with Gasteiger partial charge in [0.15, 0.2) is 0 Å². The first-order valence-electron chi connectivity index (χ1n) is 7.97. The van der Waals surface area contributed by atoms with Gasteiger partial charge in [0, 0.05) is 25.4 Å². The minimum Gasteiger partial charge on any atom is -0.537 e. The fraction of sp³-hybridized carbons (Fsp3) is 0.625. The van der Waals surface area contributed by atoms with Crippen molar-refractivity contribution in [2.24, 2.45) is 5.92 Å². The monoisotopic (exact) mass is 363 g/mol. The number of aromatic nitrogens is 1. The molecular formula is C16H27N3NaO3P. The van der Waals surface area contributed by atoms with E-state index in [4.69, 9.17) is 9.57 Å². The van der Waals surface area contributed by atoms with Gasteiger partial charge in [-0.2, -0.15) is 0 Å². The van der Waals surface area contributed by atoms with Gasteiger partial charge in [0.2, 0.25) is 11.8 Å². The summed E-state index contributed by atoms with van der Waals surface area (Å²) in [5, 5.41) is 4.77. The van der Waals surface area contributed by atoms with E-state index in [0.29, 0.717) is 19.0 Å². The van der Waals surface area contributed by atoms with Crippen LogP contribution in [0.5, 0.6) is 5.88 Å². The van der Waals surface area contributed by atoms with Crippen molar-refractivity contribution in [2.75, 3.05) is 20.3 Å². The van der Waals surface area contributed by atoms with Gasteiger partial charge in [-0.05, 0) is 18.1 Å². The number of methoxy groups -OCH3 is 1. The molecule has 0 bridgehead atoms. The predicted octanol–water partition coefficient (Wildman–Crippen LogP) is -0.521. The van der Waals surface area contributed by atoms with E-state index in [9.17, 15) is 4.79 Å². The van der Waals surface area contributed by atoms with Crippen molar-refractivity contribution < 1.29 is 43.9 Å². The second kappa shape index (κ2) is 13.0. The van der Waals surface area contributed by atoms with Gasteiger partial charge in [-0.15, -0.1) is 0 Å². The smallest absolute Gasteiger partial charge is 0.537 e. The topological polar surface area (TPSA) is 63.7 Å². The van der Waals surface area contributed by atoms with Crippen molar-refractivity contribution >= 4 is 15.1 Å². The van der Waals surface area contributed by atoms with Crippen LogP contribution in [0.25, 0.3) is 0 Å². The molecular weight excluding hydrogens is 336 g/mol. The quantitative estimate of drug-likeness (QED) is 0.563. The zero-order valence-corrected chi connectivity index (χ0v) is 18.3. The Kier molecular flexibility index (Phi) is 12.9. The van der Waals surface area contributed by atoms with Gasteiger partial charge in [-0.3, -0.25) is 4.79 Å². The summed E-state index contributed by atoms with van der Waals surface area (Å²) >= 11 is 0. The Morgan fingerprint density at radius 3 is 2.83 bits per heavy atom. The molecule has 1 saturated heterocycles. The van der Waals surface area contributed by atoms with Crippen LogP contribution in [0.2, 0.25) is 0 Å². The van der Waals surface area contributed by atoms with Gasteiger partial charge in [0.05, 0.1) is 19.6 Å². The Morgan fingerprint density at radius 1 is 1.58 bits per heavy atom. The largest absolute Gasteiger partial charge is 1.00 e. The summed E-state index contributed by atoms with van der Waals surface area (Å²) in [6, 6.07) is 3.67. The van der Waals surface area contributed by atoms with Crippen molar-refractivity contribution in [3.63, 3.8) is 0 Å². The molecule has 1 aromatic heterocycles. The number of nitrogens with one attached hydrogen (secondary N) is 1. The number of amides is 1. The van der Waals surface area contributed by atoms with E-state index in [1.807, 2.05) is 38.0 Å². The molecule has 1 N–H and O–H groups in total. The summed E-state index contributed by atoms with van der Waals surface area (Å²) in [6.45, 7) is 7.62. The summed E-state index contributed by atoms with van der Waals surface area (Å²) < 4.78 is 5.06. The van der Waals surface area contributed by atoms with Crippen LogP contribution < -0.4 is 39.6 Å². The van der Waals surface area contributed by atoms with Crippen LogP contribution in [-0.4, -0.2) is 42.0 Å². The standard InChI is InChI=1S/C14H21N3O3P.C2H6.Na/c1-10(21)17-6-4-12(9-20-17)14(18)16-8-11-3-5-15-13(7-11)19-2;1-2;/h3,5,7,10,12,21H,4,6,8-9H2,1-2H3,(H,16,18);1-2H3;/q-1;;+1. The summed E-state index contributed by atoms with van der Waals surface area (Å²) in [5.41, 5.74) is 0.960. The van der Waals surface area contributed by atoms with E-state index in [2.05, 4.69) is 19.5 Å². The second-order valence-corrected chi connectivity index (χ2v) is 5.86. The van der Waals surface area contributed by atoms with E-state index in [-0.39, 0.29) is 47.2 Å². The molecule has 1 aliphatic heterocycles. The van der Waals surface area contributed by atoms with E-state index < -0.39 is 0 Å². The van der Waals surface area contributed by atoms with Crippen molar-refractivity contribution in [2.45, 2.75) is 39.5 Å². The number of carbonyl (C=O) groups is 1. The van der Waals surface area contributed by atoms with Crippen molar-refractivity contribution in [3.05, 3.63) is 23.9 Å². The Balaban J connectivity index is 0.00000170. The van der Waals surface area contributed by atoms with Gasteiger partial charge in [-0.1, -0.05) is 26.6 Å². The Hall–Kier alpha value is -0.230. The summed E-state index contributed by atoms with van der Waals surface area (Å²) in [5.74, 6) is 0.616. The van der Waals surface area contributed by atoms with Gasteiger partial charge >= 0.3 is 29.6 Å². The minimum atomic E-state index is -0.101. The molecule has 0 radical (unpaired) electrons. The molecule has 0 saturated carbocycles. The first-order valence-corrected chi connectivity index (χ1v) is 8.55. The Labute approximate surface area is 169 Å². The number of hydroxylamine groups is 2. The minimum absolute atomic E-state index is 0. The van der Waals surface area contributed by atoms with Gasteiger partial charge in [0.1, 0.15) is 0 Å². The van der Waals surface area contributed by atoms with Crippen LogP contribution in [0, 0.1) is 5.92 Å². The number of hydrogen-bond donors (Lipinski definition) is 1. The normalized spacial score (nSPS) is 18.5. The molecule has 8 heteroatoms. The van der Waals surface area contributed by atoms with Crippen LogP contribution in [-0.2, 0) is 16.2 Å². The zero-order valence-electron chi connectivity index (χ0n) is 15.3. The molecule has 130 valence electrons. The van der Waals surface area contributed by atoms with Crippen LogP contribution in [0.3, 0.4) is 0 Å². The molecule has 2 unspecified atom stereocenters. The average Bonchev–Trinajstić information content (AvgIpc) is 2.61. The third kappa shape index (κ3) is 7.77. The fourth-order valence-corrected chi connectivity index (χ4v) is 2.34. The maximum Gasteiger partial charge on any atom is 1.00 e. The van der Waals surface area contributed by atoms with Gasteiger partial charge < -0.3 is 24.1 Å². The van der Waals surface area contributed by atoms with Crippen molar-refractivity contribution in [1.82, 2.24) is 15.4 Å². The maximum absolute atomic E-state index is 12.1. The first-order chi connectivity index (χ1) is 11.1. The molecule has 1 fully saturated rings. The molecule has 1 aliphatic rings. The molecule has 2 atom stereocenters.